The molecule has 0 saturated carbocycles. The third kappa shape index (κ3) is 4.45. The molecule has 0 radical (unpaired) electrons. The van der Waals surface area contributed by atoms with E-state index in [-0.39, 0.29) is 0 Å². The Morgan fingerprint density at radius 1 is 1.31 bits per heavy atom. The first kappa shape index (κ1) is 13.4. The molecule has 0 fully saturated rings. The van der Waals surface area contributed by atoms with E-state index < -0.39 is 10.8 Å². The van der Waals surface area contributed by atoms with Gasteiger partial charge in [-0.3, -0.25) is 4.21 Å². The van der Waals surface area contributed by atoms with E-state index in [1.165, 1.54) is 11.1 Å². The fourth-order valence-corrected chi connectivity index (χ4v) is 2.59. The van der Waals surface area contributed by atoms with Gasteiger partial charge in [0.25, 0.3) is 0 Å². The van der Waals surface area contributed by atoms with E-state index in [0.717, 1.165) is 13.0 Å². The number of nitrogens with one attached hydrogen (secondary N) is 1. The Hall–Kier alpha value is -0.670. The van der Waals surface area contributed by atoms with Crippen LogP contribution in [0.2, 0.25) is 0 Å². The largest absolute Gasteiger partial charge is 0.309 e. The van der Waals surface area contributed by atoms with Gasteiger partial charge in [0, 0.05) is 35.4 Å². The maximum absolute atomic E-state index is 11.1. The van der Waals surface area contributed by atoms with Gasteiger partial charge in [0.2, 0.25) is 0 Å². The predicted molar refractivity (Wildman–Crippen MR) is 71.1 cm³/mol. The zero-order valence-corrected chi connectivity index (χ0v) is 11.1. The molecule has 2 nitrogen and oxygen atoms in total. The van der Waals surface area contributed by atoms with Crippen LogP contribution in [0.15, 0.2) is 24.3 Å². The summed E-state index contributed by atoms with van der Waals surface area (Å²) in [5.41, 5.74) is 2.73. The minimum absolute atomic E-state index is 0.302. The smallest absolute Gasteiger partial charge is 0.0383 e. The molecule has 0 amide bonds. The molecule has 0 spiro atoms. The minimum Gasteiger partial charge on any atom is -0.309 e. The molecule has 0 aliphatic heterocycles. The third-order valence-corrected chi connectivity index (χ3v) is 3.59. The molecule has 1 aromatic rings. The summed E-state index contributed by atoms with van der Waals surface area (Å²) in [4.78, 5) is 0. The average Bonchev–Trinajstić information content (AvgIpc) is 2.26. The van der Waals surface area contributed by atoms with Crippen molar-refractivity contribution in [2.45, 2.75) is 32.9 Å². The Bertz CT molecular complexity index is 352. The third-order valence-electron chi connectivity index (χ3n) is 2.62. The summed E-state index contributed by atoms with van der Waals surface area (Å²) in [5, 5.41) is 3.41. The van der Waals surface area contributed by atoms with Crippen molar-refractivity contribution < 1.29 is 4.21 Å². The SMILES string of the molecule is CCc1ccccc1CNC(C)CS(C)=O. The topological polar surface area (TPSA) is 29.1 Å². The Morgan fingerprint density at radius 2 is 1.94 bits per heavy atom. The van der Waals surface area contributed by atoms with Crippen molar-refractivity contribution in [3.63, 3.8) is 0 Å². The van der Waals surface area contributed by atoms with Crippen LogP contribution >= 0.6 is 0 Å². The van der Waals surface area contributed by atoms with Crippen molar-refractivity contribution in [1.29, 1.82) is 0 Å². The van der Waals surface area contributed by atoms with Crippen molar-refractivity contribution in [2.24, 2.45) is 0 Å². The van der Waals surface area contributed by atoms with E-state index in [1.807, 2.05) is 0 Å². The summed E-state index contributed by atoms with van der Waals surface area (Å²) >= 11 is 0. The minimum atomic E-state index is -0.723. The molecule has 1 rings (SSSR count). The van der Waals surface area contributed by atoms with E-state index in [0.29, 0.717) is 11.8 Å². The van der Waals surface area contributed by atoms with Gasteiger partial charge >= 0.3 is 0 Å². The van der Waals surface area contributed by atoms with E-state index in [9.17, 15) is 4.21 Å². The summed E-state index contributed by atoms with van der Waals surface area (Å²) in [6.07, 6.45) is 2.81. The van der Waals surface area contributed by atoms with Crippen LogP contribution < -0.4 is 5.32 Å². The Labute approximate surface area is 101 Å². The van der Waals surface area contributed by atoms with Crippen molar-refractivity contribution in [1.82, 2.24) is 5.32 Å². The zero-order valence-electron chi connectivity index (χ0n) is 10.3. The lowest BCUT2D eigenvalue weighted by Gasteiger charge is -2.14. The lowest BCUT2D eigenvalue weighted by molar-refractivity contribution is 0.585. The highest BCUT2D eigenvalue weighted by molar-refractivity contribution is 7.84. The molecule has 1 N–H and O–H groups in total. The summed E-state index contributed by atoms with van der Waals surface area (Å²) in [7, 11) is -0.723. The molecule has 0 bridgehead atoms. The molecule has 16 heavy (non-hydrogen) atoms. The Morgan fingerprint density at radius 3 is 2.50 bits per heavy atom. The maximum atomic E-state index is 11.1. The first-order valence-electron chi connectivity index (χ1n) is 5.73. The highest BCUT2D eigenvalue weighted by atomic mass is 32.2. The zero-order chi connectivity index (χ0) is 12.0. The molecule has 0 heterocycles. The molecule has 0 aromatic heterocycles. The quantitative estimate of drug-likeness (QED) is 0.824. The molecule has 3 heteroatoms. The highest BCUT2D eigenvalue weighted by Gasteiger charge is 2.05. The van der Waals surface area contributed by atoms with Crippen LogP contribution in [-0.2, 0) is 23.8 Å². The molecule has 1 aromatic carbocycles. The van der Waals surface area contributed by atoms with Crippen molar-refractivity contribution in [2.75, 3.05) is 12.0 Å². The van der Waals surface area contributed by atoms with Crippen LogP contribution in [0.4, 0.5) is 0 Å². The second-order valence-electron chi connectivity index (χ2n) is 4.14. The molecule has 0 aliphatic carbocycles. The molecule has 90 valence electrons. The van der Waals surface area contributed by atoms with Crippen molar-refractivity contribution >= 4 is 10.8 Å². The molecule has 0 aliphatic rings. The average molecular weight is 239 g/mol. The Balaban J connectivity index is 2.50. The van der Waals surface area contributed by atoms with Crippen LogP contribution in [0, 0.1) is 0 Å². The van der Waals surface area contributed by atoms with Crippen LogP contribution in [0.25, 0.3) is 0 Å². The summed E-state index contributed by atoms with van der Waals surface area (Å²) in [6.45, 7) is 5.11. The first-order valence-corrected chi connectivity index (χ1v) is 7.46. The van der Waals surface area contributed by atoms with Crippen LogP contribution in [0.5, 0.6) is 0 Å². The number of aryl methyl sites for hydroxylation is 1. The maximum Gasteiger partial charge on any atom is 0.0383 e. The Kier molecular flexibility index (Phi) is 5.71. The van der Waals surface area contributed by atoms with E-state index in [4.69, 9.17) is 0 Å². The summed E-state index contributed by atoms with van der Waals surface area (Å²) < 4.78 is 11.1. The standard InChI is InChI=1S/C13H21NOS/c1-4-12-7-5-6-8-13(12)9-14-11(2)10-16(3)15/h5-8,11,14H,4,9-10H2,1-3H3. The van der Waals surface area contributed by atoms with Gasteiger partial charge in [-0.15, -0.1) is 0 Å². The predicted octanol–water partition coefficient (Wildman–Crippen LogP) is 2.11. The van der Waals surface area contributed by atoms with Gasteiger partial charge in [-0.25, -0.2) is 0 Å². The molecular formula is C13H21NOS. The normalized spacial score (nSPS) is 14.7. The van der Waals surface area contributed by atoms with Crippen LogP contribution in [-0.4, -0.2) is 22.3 Å². The molecular weight excluding hydrogens is 218 g/mol. The van der Waals surface area contributed by atoms with E-state index in [2.05, 4.69) is 43.4 Å². The van der Waals surface area contributed by atoms with Gasteiger partial charge in [0.15, 0.2) is 0 Å². The molecule has 2 unspecified atom stereocenters. The van der Waals surface area contributed by atoms with Gasteiger partial charge in [0.05, 0.1) is 0 Å². The fraction of sp³-hybridized carbons (Fsp3) is 0.538. The number of hydrogen-bond donors (Lipinski definition) is 1. The lowest BCUT2D eigenvalue weighted by Crippen LogP contribution is -2.30. The fourth-order valence-electron chi connectivity index (χ4n) is 1.77. The monoisotopic (exact) mass is 239 g/mol. The first-order chi connectivity index (χ1) is 7.63. The summed E-state index contributed by atoms with van der Waals surface area (Å²) in [5.74, 6) is 0.717. The number of hydrogen-bond acceptors (Lipinski definition) is 2. The van der Waals surface area contributed by atoms with Crippen molar-refractivity contribution in [3.05, 3.63) is 35.4 Å². The van der Waals surface area contributed by atoms with Gasteiger partial charge in [-0.1, -0.05) is 31.2 Å². The van der Waals surface area contributed by atoms with E-state index in [1.54, 1.807) is 6.26 Å². The molecule has 2 atom stereocenters. The second kappa shape index (κ2) is 6.81. The van der Waals surface area contributed by atoms with Gasteiger partial charge in [0.1, 0.15) is 0 Å². The molecule has 0 saturated heterocycles. The van der Waals surface area contributed by atoms with E-state index >= 15 is 0 Å². The summed E-state index contributed by atoms with van der Waals surface area (Å²) in [6, 6.07) is 8.77. The highest BCUT2D eigenvalue weighted by Crippen LogP contribution is 2.09. The second-order valence-corrected chi connectivity index (χ2v) is 5.62. The van der Waals surface area contributed by atoms with Crippen LogP contribution in [0.3, 0.4) is 0 Å². The number of benzene rings is 1. The van der Waals surface area contributed by atoms with Crippen molar-refractivity contribution in [3.8, 4) is 0 Å². The van der Waals surface area contributed by atoms with Gasteiger partial charge in [-0.2, -0.15) is 0 Å². The number of rotatable bonds is 6. The lowest BCUT2D eigenvalue weighted by atomic mass is 10.1. The van der Waals surface area contributed by atoms with Gasteiger partial charge in [-0.05, 0) is 24.5 Å². The van der Waals surface area contributed by atoms with Crippen LogP contribution in [0.1, 0.15) is 25.0 Å². The van der Waals surface area contributed by atoms with Gasteiger partial charge < -0.3 is 5.32 Å².